The van der Waals surface area contributed by atoms with Gasteiger partial charge in [-0.05, 0) is 25.5 Å². The van der Waals surface area contributed by atoms with Crippen molar-refractivity contribution < 1.29 is 18.6 Å². The van der Waals surface area contributed by atoms with Gasteiger partial charge in [0.15, 0.2) is 5.75 Å². The van der Waals surface area contributed by atoms with Crippen molar-refractivity contribution in [2.45, 2.75) is 71.3 Å². The van der Waals surface area contributed by atoms with Gasteiger partial charge >= 0.3 is 14.1 Å². The summed E-state index contributed by atoms with van der Waals surface area (Å²) in [6.45, 7) is 4.25. The summed E-state index contributed by atoms with van der Waals surface area (Å²) in [5.41, 5.74) is 0. The molecule has 0 radical (unpaired) electrons. The van der Waals surface area contributed by atoms with E-state index in [9.17, 15) is 9.36 Å². The first-order chi connectivity index (χ1) is 12.1. The third kappa shape index (κ3) is 10.9. The van der Waals surface area contributed by atoms with Crippen molar-refractivity contribution in [1.29, 1.82) is 0 Å². The number of rotatable bonds is 14. The monoisotopic (exact) mass is 368 g/mol. The first-order valence-electron chi connectivity index (χ1n) is 9.26. The molecule has 5 nitrogen and oxygen atoms in total. The molecule has 0 saturated heterocycles. The van der Waals surface area contributed by atoms with Gasteiger partial charge in [-0.1, -0.05) is 75.2 Å². The van der Waals surface area contributed by atoms with Crippen molar-refractivity contribution in [3.05, 3.63) is 30.3 Å². The van der Waals surface area contributed by atoms with Crippen molar-refractivity contribution in [3.8, 4) is 5.75 Å². The van der Waals surface area contributed by atoms with E-state index in [1.54, 1.807) is 31.2 Å². The average molecular weight is 368 g/mol. The third-order valence-electron chi connectivity index (χ3n) is 3.83. The van der Waals surface area contributed by atoms with Crippen LogP contribution in [0.2, 0.25) is 0 Å². The van der Waals surface area contributed by atoms with Gasteiger partial charge in [-0.3, -0.25) is 4.79 Å². The van der Waals surface area contributed by atoms with Crippen molar-refractivity contribution in [1.82, 2.24) is 5.09 Å². The smallest absolute Gasteiger partial charge is 0.464 e. The van der Waals surface area contributed by atoms with Gasteiger partial charge in [-0.15, -0.1) is 0 Å². The molecule has 0 amide bonds. The lowest BCUT2D eigenvalue weighted by Gasteiger charge is -2.07. The predicted octanol–water partition coefficient (Wildman–Crippen LogP) is 5.38. The molecule has 0 aliphatic carbocycles. The highest BCUT2D eigenvalue weighted by molar-refractivity contribution is 7.37. The SMILES string of the molecule is CCCCCCCCCCOC(=O)[C@H](C)N[P+](=O)Oc1ccccc1. The minimum absolute atomic E-state index is 0.400. The topological polar surface area (TPSA) is 64.6 Å². The number of nitrogens with one attached hydrogen (secondary N) is 1. The Morgan fingerprint density at radius 3 is 2.28 bits per heavy atom. The summed E-state index contributed by atoms with van der Waals surface area (Å²) in [5, 5.41) is 2.62. The lowest BCUT2D eigenvalue weighted by molar-refractivity contribution is -0.145. The molecule has 0 aliphatic heterocycles. The number of ether oxygens (including phenoxy) is 1. The van der Waals surface area contributed by atoms with Gasteiger partial charge in [-0.25, -0.2) is 4.52 Å². The summed E-state index contributed by atoms with van der Waals surface area (Å²) in [4.78, 5) is 11.9. The van der Waals surface area contributed by atoms with E-state index >= 15 is 0 Å². The van der Waals surface area contributed by atoms with Crippen LogP contribution in [-0.2, 0) is 14.1 Å². The quantitative estimate of drug-likeness (QED) is 0.271. The highest BCUT2D eigenvalue weighted by Crippen LogP contribution is 2.23. The van der Waals surface area contributed by atoms with Crippen LogP contribution in [0.25, 0.3) is 0 Å². The van der Waals surface area contributed by atoms with Crippen LogP contribution in [-0.4, -0.2) is 18.6 Å². The number of hydrogen-bond donors (Lipinski definition) is 1. The van der Waals surface area contributed by atoms with Crippen LogP contribution in [0, 0.1) is 0 Å². The molecule has 0 heterocycles. The molecule has 6 heteroatoms. The minimum atomic E-state index is -2.16. The number of carbonyl (C=O) groups is 1. The Bertz CT molecular complexity index is 495. The normalized spacial score (nSPS) is 12.5. The lowest BCUT2D eigenvalue weighted by Crippen LogP contribution is -2.31. The highest BCUT2D eigenvalue weighted by atomic mass is 31.1. The van der Waals surface area contributed by atoms with E-state index in [-0.39, 0.29) is 0 Å². The zero-order valence-electron chi connectivity index (χ0n) is 15.4. The van der Waals surface area contributed by atoms with Gasteiger partial charge in [0.05, 0.1) is 6.61 Å². The van der Waals surface area contributed by atoms with Crippen molar-refractivity contribution in [2.75, 3.05) is 6.61 Å². The van der Waals surface area contributed by atoms with Crippen molar-refractivity contribution in [3.63, 3.8) is 0 Å². The lowest BCUT2D eigenvalue weighted by atomic mass is 10.1. The first-order valence-corrected chi connectivity index (χ1v) is 10.4. The molecule has 25 heavy (non-hydrogen) atoms. The Morgan fingerprint density at radius 1 is 1.04 bits per heavy atom. The minimum Gasteiger partial charge on any atom is -0.464 e. The Labute approximate surface area is 152 Å². The maximum Gasteiger partial charge on any atom is 0.664 e. The molecule has 0 fully saturated rings. The van der Waals surface area contributed by atoms with E-state index in [0.717, 1.165) is 12.8 Å². The van der Waals surface area contributed by atoms with Gasteiger partial charge in [-0.2, -0.15) is 0 Å². The summed E-state index contributed by atoms with van der Waals surface area (Å²) in [5.74, 6) is 0.0959. The largest absolute Gasteiger partial charge is 0.664 e. The predicted molar refractivity (Wildman–Crippen MR) is 101 cm³/mol. The molecule has 1 aromatic carbocycles. The molecule has 0 aliphatic rings. The van der Waals surface area contributed by atoms with Crippen molar-refractivity contribution in [2.24, 2.45) is 0 Å². The van der Waals surface area contributed by atoms with E-state index in [0.29, 0.717) is 12.4 Å². The van der Waals surface area contributed by atoms with Crippen LogP contribution in [0.1, 0.15) is 65.2 Å². The van der Waals surface area contributed by atoms with Gasteiger partial charge in [0.25, 0.3) is 0 Å². The summed E-state index contributed by atoms with van der Waals surface area (Å²) in [6, 6.07) is 8.18. The molecular formula is C19H31NO4P+. The summed E-state index contributed by atoms with van der Waals surface area (Å²) in [7, 11) is -2.16. The van der Waals surface area contributed by atoms with Crippen molar-refractivity contribution >= 4 is 14.1 Å². The fourth-order valence-corrected chi connectivity index (χ4v) is 3.14. The molecule has 1 aromatic rings. The standard InChI is InChI=1S/C19H31NO4P/c1-3-4-5-6-7-8-9-13-16-23-19(21)17(2)20-25(22)24-18-14-11-10-12-15-18/h10-12,14-15,17H,3-9,13,16H2,1-2H3,(H,20,22)/q+1/t17-/m0/s1. The second-order valence-electron chi connectivity index (χ2n) is 6.15. The van der Waals surface area contributed by atoms with Gasteiger partial charge < -0.3 is 4.74 Å². The van der Waals surface area contributed by atoms with Crippen LogP contribution in [0.15, 0.2) is 30.3 Å². The number of para-hydroxylation sites is 1. The van der Waals surface area contributed by atoms with Crippen LogP contribution in [0.5, 0.6) is 5.75 Å². The molecule has 0 bridgehead atoms. The van der Waals surface area contributed by atoms with Gasteiger partial charge in [0.1, 0.15) is 6.04 Å². The van der Waals surface area contributed by atoms with E-state index in [1.165, 1.54) is 38.5 Å². The summed E-state index contributed by atoms with van der Waals surface area (Å²) < 4.78 is 22.3. The number of esters is 1. The van der Waals surface area contributed by atoms with E-state index in [4.69, 9.17) is 9.26 Å². The maximum absolute atomic E-state index is 11.9. The number of hydrogen-bond acceptors (Lipinski definition) is 4. The Balaban J connectivity index is 2.06. The van der Waals surface area contributed by atoms with Crippen LogP contribution < -0.4 is 9.61 Å². The second-order valence-corrected chi connectivity index (χ2v) is 7.11. The Hall–Kier alpha value is -1.45. The average Bonchev–Trinajstić information content (AvgIpc) is 2.60. The zero-order chi connectivity index (χ0) is 18.3. The number of carbonyl (C=O) groups excluding carboxylic acids is 1. The van der Waals surface area contributed by atoms with Gasteiger partial charge in [0, 0.05) is 4.57 Å². The van der Waals surface area contributed by atoms with Crippen LogP contribution in [0.3, 0.4) is 0 Å². The van der Waals surface area contributed by atoms with Crippen LogP contribution in [0.4, 0.5) is 0 Å². The number of unbranched alkanes of at least 4 members (excludes halogenated alkanes) is 7. The molecule has 140 valence electrons. The summed E-state index contributed by atoms with van der Waals surface area (Å²) >= 11 is 0. The fraction of sp³-hybridized carbons (Fsp3) is 0.632. The molecule has 1 N–H and O–H groups in total. The summed E-state index contributed by atoms with van der Waals surface area (Å²) in [6.07, 6.45) is 9.59. The molecule has 0 saturated carbocycles. The van der Waals surface area contributed by atoms with E-state index in [2.05, 4.69) is 12.0 Å². The molecule has 2 atom stereocenters. The molecule has 1 rings (SSSR count). The molecule has 1 unspecified atom stereocenters. The van der Waals surface area contributed by atoms with E-state index in [1.807, 2.05) is 6.07 Å². The highest BCUT2D eigenvalue weighted by Gasteiger charge is 2.28. The van der Waals surface area contributed by atoms with Gasteiger partial charge in [0.2, 0.25) is 0 Å². The second kappa shape index (κ2) is 13.8. The first kappa shape index (κ1) is 21.6. The maximum atomic E-state index is 11.9. The third-order valence-corrected chi connectivity index (χ3v) is 4.80. The molecular weight excluding hydrogens is 337 g/mol. The van der Waals surface area contributed by atoms with E-state index < -0.39 is 20.2 Å². The molecule has 0 spiro atoms. The zero-order valence-corrected chi connectivity index (χ0v) is 16.3. The number of benzene rings is 1. The Morgan fingerprint density at radius 2 is 1.64 bits per heavy atom. The fourth-order valence-electron chi connectivity index (χ4n) is 2.35. The molecule has 0 aromatic heterocycles. The Kier molecular flexibility index (Phi) is 11.9. The van der Waals surface area contributed by atoms with Crippen LogP contribution >= 0.6 is 8.18 Å².